The van der Waals surface area contributed by atoms with Gasteiger partial charge in [-0.1, -0.05) is 6.92 Å². The number of carbonyl (C=O) groups is 1. The van der Waals surface area contributed by atoms with Gasteiger partial charge in [0.15, 0.2) is 5.82 Å². The van der Waals surface area contributed by atoms with Gasteiger partial charge < -0.3 is 10.1 Å². The molecule has 1 heterocycles. The van der Waals surface area contributed by atoms with Gasteiger partial charge in [0.05, 0.1) is 13.7 Å². The fraction of sp³-hybridized carbons (Fsp3) is 0.444. The summed E-state index contributed by atoms with van der Waals surface area (Å²) in [6, 6.07) is 1.66. The highest BCUT2D eigenvalue weighted by atomic mass is 16.5. The van der Waals surface area contributed by atoms with E-state index in [0.29, 0.717) is 24.7 Å². The van der Waals surface area contributed by atoms with Crippen LogP contribution in [-0.2, 0) is 11.3 Å². The van der Waals surface area contributed by atoms with Crippen LogP contribution in [0, 0.1) is 0 Å². The SMILES string of the molecule is CCC(=O)NCc1nccc(OC)n1. The minimum absolute atomic E-state index is 0.0172. The largest absolute Gasteiger partial charge is 0.481 e. The Morgan fingerprint density at radius 3 is 3.07 bits per heavy atom. The van der Waals surface area contributed by atoms with Crippen LogP contribution in [0.3, 0.4) is 0 Å². The molecule has 0 saturated heterocycles. The second kappa shape index (κ2) is 5.16. The zero-order valence-electron chi connectivity index (χ0n) is 8.28. The summed E-state index contributed by atoms with van der Waals surface area (Å²) < 4.78 is 4.92. The third kappa shape index (κ3) is 3.01. The third-order valence-corrected chi connectivity index (χ3v) is 1.65. The van der Waals surface area contributed by atoms with Gasteiger partial charge in [-0.3, -0.25) is 4.79 Å². The molecule has 0 spiro atoms. The van der Waals surface area contributed by atoms with Gasteiger partial charge >= 0.3 is 0 Å². The quantitative estimate of drug-likeness (QED) is 0.760. The zero-order chi connectivity index (χ0) is 10.4. The molecule has 0 radical (unpaired) electrons. The van der Waals surface area contributed by atoms with Crippen molar-refractivity contribution in [1.82, 2.24) is 15.3 Å². The normalized spacial score (nSPS) is 9.57. The summed E-state index contributed by atoms with van der Waals surface area (Å²) in [7, 11) is 1.54. The maximum Gasteiger partial charge on any atom is 0.220 e. The molecular formula is C9H13N3O2. The highest BCUT2D eigenvalue weighted by molar-refractivity contribution is 5.75. The van der Waals surface area contributed by atoms with Crippen LogP contribution in [0.5, 0.6) is 5.88 Å². The summed E-state index contributed by atoms with van der Waals surface area (Å²) in [5.74, 6) is 1.03. The number of rotatable bonds is 4. The summed E-state index contributed by atoms with van der Waals surface area (Å²) in [6.07, 6.45) is 2.06. The molecule has 5 heteroatoms. The first kappa shape index (κ1) is 10.4. The molecule has 1 amide bonds. The third-order valence-electron chi connectivity index (χ3n) is 1.65. The van der Waals surface area contributed by atoms with Crippen LogP contribution in [0.2, 0.25) is 0 Å². The van der Waals surface area contributed by atoms with Gasteiger partial charge in [-0.15, -0.1) is 0 Å². The Hall–Kier alpha value is -1.65. The van der Waals surface area contributed by atoms with E-state index in [9.17, 15) is 4.79 Å². The Labute approximate surface area is 82.5 Å². The van der Waals surface area contributed by atoms with Crippen LogP contribution < -0.4 is 10.1 Å². The minimum atomic E-state index is -0.0172. The van der Waals surface area contributed by atoms with Crippen LogP contribution >= 0.6 is 0 Å². The van der Waals surface area contributed by atoms with E-state index in [4.69, 9.17) is 4.74 Å². The van der Waals surface area contributed by atoms with Crippen molar-refractivity contribution < 1.29 is 9.53 Å². The van der Waals surface area contributed by atoms with E-state index in [2.05, 4.69) is 15.3 Å². The topological polar surface area (TPSA) is 64.1 Å². The first-order valence-electron chi connectivity index (χ1n) is 4.39. The van der Waals surface area contributed by atoms with E-state index >= 15 is 0 Å². The highest BCUT2D eigenvalue weighted by Gasteiger charge is 2.01. The monoisotopic (exact) mass is 195 g/mol. The van der Waals surface area contributed by atoms with Crippen molar-refractivity contribution >= 4 is 5.91 Å². The van der Waals surface area contributed by atoms with Crippen molar-refractivity contribution in [1.29, 1.82) is 0 Å². The van der Waals surface area contributed by atoms with Gasteiger partial charge in [0.2, 0.25) is 11.8 Å². The number of nitrogens with zero attached hydrogens (tertiary/aromatic N) is 2. The molecule has 0 aliphatic heterocycles. The molecule has 5 nitrogen and oxygen atoms in total. The summed E-state index contributed by atoms with van der Waals surface area (Å²) in [5.41, 5.74) is 0. The Kier molecular flexibility index (Phi) is 3.84. The number of nitrogens with one attached hydrogen (secondary N) is 1. The molecule has 1 N–H and O–H groups in total. The number of ether oxygens (including phenoxy) is 1. The van der Waals surface area contributed by atoms with Crippen LogP contribution in [-0.4, -0.2) is 23.0 Å². The molecule has 1 aromatic heterocycles. The molecule has 0 fully saturated rings. The van der Waals surface area contributed by atoms with Gasteiger partial charge in [-0.25, -0.2) is 4.98 Å². The van der Waals surface area contributed by atoms with Gasteiger partial charge in [0, 0.05) is 18.7 Å². The molecule has 1 aromatic rings. The summed E-state index contributed by atoms with van der Waals surface area (Å²) >= 11 is 0. The van der Waals surface area contributed by atoms with E-state index in [-0.39, 0.29) is 5.91 Å². The van der Waals surface area contributed by atoms with Crippen LogP contribution in [0.15, 0.2) is 12.3 Å². The first-order valence-corrected chi connectivity index (χ1v) is 4.39. The van der Waals surface area contributed by atoms with Gasteiger partial charge in [-0.2, -0.15) is 4.98 Å². The lowest BCUT2D eigenvalue weighted by Crippen LogP contribution is -2.22. The average molecular weight is 195 g/mol. The molecule has 14 heavy (non-hydrogen) atoms. The van der Waals surface area contributed by atoms with Crippen molar-refractivity contribution in [2.75, 3.05) is 7.11 Å². The molecule has 76 valence electrons. The van der Waals surface area contributed by atoms with Crippen molar-refractivity contribution in [2.24, 2.45) is 0 Å². The number of hydrogen-bond acceptors (Lipinski definition) is 4. The van der Waals surface area contributed by atoms with Crippen molar-refractivity contribution in [2.45, 2.75) is 19.9 Å². The van der Waals surface area contributed by atoms with Crippen LogP contribution in [0.4, 0.5) is 0 Å². The van der Waals surface area contributed by atoms with Crippen LogP contribution in [0.1, 0.15) is 19.2 Å². The molecule has 0 aliphatic rings. The fourth-order valence-corrected chi connectivity index (χ4v) is 0.882. The van der Waals surface area contributed by atoms with Crippen molar-refractivity contribution in [3.8, 4) is 5.88 Å². The molecular weight excluding hydrogens is 182 g/mol. The van der Waals surface area contributed by atoms with E-state index in [1.807, 2.05) is 0 Å². The van der Waals surface area contributed by atoms with Crippen molar-refractivity contribution in [3.63, 3.8) is 0 Å². The lowest BCUT2D eigenvalue weighted by Gasteiger charge is -2.03. The van der Waals surface area contributed by atoms with E-state index in [1.54, 1.807) is 19.2 Å². The van der Waals surface area contributed by atoms with E-state index < -0.39 is 0 Å². The lowest BCUT2D eigenvalue weighted by atomic mass is 10.4. The maximum atomic E-state index is 10.9. The minimum Gasteiger partial charge on any atom is -0.481 e. The van der Waals surface area contributed by atoms with E-state index in [0.717, 1.165) is 0 Å². The average Bonchev–Trinajstić information content (AvgIpc) is 2.26. The maximum absolute atomic E-state index is 10.9. The molecule has 0 atom stereocenters. The fourth-order valence-electron chi connectivity index (χ4n) is 0.882. The Bertz CT molecular complexity index is 315. The number of carbonyl (C=O) groups excluding carboxylic acids is 1. The summed E-state index contributed by atoms with van der Waals surface area (Å²) in [4.78, 5) is 19.0. The van der Waals surface area contributed by atoms with Gasteiger partial charge in [-0.05, 0) is 0 Å². The number of aromatic nitrogens is 2. The lowest BCUT2D eigenvalue weighted by molar-refractivity contribution is -0.120. The molecule has 0 unspecified atom stereocenters. The number of amides is 1. The zero-order valence-corrected chi connectivity index (χ0v) is 8.28. The van der Waals surface area contributed by atoms with Crippen LogP contribution in [0.25, 0.3) is 0 Å². The van der Waals surface area contributed by atoms with E-state index in [1.165, 1.54) is 7.11 Å². The second-order valence-electron chi connectivity index (χ2n) is 2.65. The van der Waals surface area contributed by atoms with Gasteiger partial charge in [0.25, 0.3) is 0 Å². The Morgan fingerprint density at radius 2 is 2.43 bits per heavy atom. The number of methoxy groups -OCH3 is 1. The predicted molar refractivity (Wildman–Crippen MR) is 50.7 cm³/mol. The van der Waals surface area contributed by atoms with Crippen molar-refractivity contribution in [3.05, 3.63) is 18.1 Å². The standard InChI is InChI=1S/C9H13N3O2/c1-3-8(13)11-6-7-10-5-4-9(12-7)14-2/h4-5H,3,6H2,1-2H3,(H,11,13). The highest BCUT2D eigenvalue weighted by Crippen LogP contribution is 2.03. The Balaban J connectivity index is 2.54. The molecule has 0 aromatic carbocycles. The summed E-state index contributed by atoms with van der Waals surface area (Å²) in [6.45, 7) is 2.13. The summed E-state index contributed by atoms with van der Waals surface area (Å²) in [5, 5.41) is 2.68. The molecule has 0 aliphatic carbocycles. The predicted octanol–water partition coefficient (Wildman–Crippen LogP) is 0.511. The second-order valence-corrected chi connectivity index (χ2v) is 2.65. The smallest absolute Gasteiger partial charge is 0.220 e. The molecule has 1 rings (SSSR count). The Morgan fingerprint density at radius 1 is 1.64 bits per heavy atom. The van der Waals surface area contributed by atoms with Gasteiger partial charge in [0.1, 0.15) is 0 Å². The number of hydrogen-bond donors (Lipinski definition) is 1. The molecule has 0 bridgehead atoms. The first-order chi connectivity index (χ1) is 6.76. The molecule has 0 saturated carbocycles.